The molecule has 1 aromatic carbocycles. The van der Waals surface area contributed by atoms with Crippen molar-refractivity contribution < 1.29 is 14.3 Å². The summed E-state index contributed by atoms with van der Waals surface area (Å²) < 4.78 is 5.71. The molecule has 0 fully saturated rings. The van der Waals surface area contributed by atoms with Gasteiger partial charge < -0.3 is 15.4 Å². The highest BCUT2D eigenvalue weighted by Crippen LogP contribution is 2.13. The van der Waals surface area contributed by atoms with Gasteiger partial charge in [0.2, 0.25) is 5.91 Å². The van der Waals surface area contributed by atoms with Gasteiger partial charge in [-0.3, -0.25) is 4.79 Å². The molecule has 0 aliphatic rings. The Kier molecular flexibility index (Phi) is 6.79. The molecular weight excluding hydrogens is 324 g/mol. The molecule has 5 nitrogen and oxygen atoms in total. The summed E-state index contributed by atoms with van der Waals surface area (Å²) in [4.78, 5) is 22.9. The number of rotatable bonds is 6. The lowest BCUT2D eigenvalue weighted by Gasteiger charge is -2.08. The van der Waals surface area contributed by atoms with Crippen molar-refractivity contribution in [3.63, 3.8) is 0 Å². The summed E-state index contributed by atoms with van der Waals surface area (Å²) in [5.74, 6) is -0.616. The number of ether oxygens (including phenoxy) is 1. The maximum atomic E-state index is 11.7. The van der Waals surface area contributed by atoms with Crippen LogP contribution in [0.4, 0.5) is 5.69 Å². The van der Waals surface area contributed by atoms with Crippen LogP contribution in [0.15, 0.2) is 40.5 Å². The maximum absolute atomic E-state index is 11.7. The molecule has 2 N–H and O–H groups in total. The number of carbonyl (C=O) groups is 2. The van der Waals surface area contributed by atoms with Crippen LogP contribution in [0.2, 0.25) is 0 Å². The molecule has 1 aromatic rings. The Morgan fingerprint density at radius 3 is 2.55 bits per heavy atom. The van der Waals surface area contributed by atoms with E-state index in [4.69, 9.17) is 4.74 Å². The third-order valence-corrected chi connectivity index (χ3v) is 2.81. The second-order valence-corrected chi connectivity index (χ2v) is 4.90. The molecule has 6 heteroatoms. The summed E-state index contributed by atoms with van der Waals surface area (Å²) in [5.41, 5.74) is 1.29. The van der Waals surface area contributed by atoms with E-state index >= 15 is 0 Å². The number of amides is 1. The molecule has 1 amide bonds. The van der Waals surface area contributed by atoms with Crippen molar-refractivity contribution in [2.75, 3.05) is 18.5 Å². The van der Waals surface area contributed by atoms with Gasteiger partial charge in [-0.15, -0.1) is 0 Å². The van der Waals surface area contributed by atoms with E-state index in [9.17, 15) is 9.59 Å². The van der Waals surface area contributed by atoms with E-state index in [1.54, 1.807) is 26.0 Å². The van der Waals surface area contributed by atoms with E-state index in [1.165, 1.54) is 6.08 Å². The van der Waals surface area contributed by atoms with Crippen LogP contribution >= 0.6 is 15.9 Å². The van der Waals surface area contributed by atoms with Crippen LogP contribution in [-0.2, 0) is 14.3 Å². The lowest BCUT2D eigenvalue weighted by Crippen LogP contribution is -2.27. The molecule has 0 radical (unpaired) electrons. The topological polar surface area (TPSA) is 67.4 Å². The molecule has 0 aromatic heterocycles. The molecule has 0 saturated carbocycles. The number of nitrogens with one attached hydrogen (secondary N) is 2. The van der Waals surface area contributed by atoms with Gasteiger partial charge in [0.25, 0.3) is 0 Å². The van der Waals surface area contributed by atoms with Gasteiger partial charge in [0.1, 0.15) is 0 Å². The van der Waals surface area contributed by atoms with Crippen molar-refractivity contribution in [1.82, 2.24) is 5.32 Å². The van der Waals surface area contributed by atoms with Crippen LogP contribution in [0.3, 0.4) is 0 Å². The quantitative estimate of drug-likeness (QED) is 0.616. The molecule has 0 aliphatic heterocycles. The van der Waals surface area contributed by atoms with Gasteiger partial charge in [-0.05, 0) is 38.1 Å². The van der Waals surface area contributed by atoms with Gasteiger partial charge in [-0.2, -0.15) is 0 Å². The van der Waals surface area contributed by atoms with E-state index in [1.807, 2.05) is 12.1 Å². The number of benzene rings is 1. The first-order chi connectivity index (χ1) is 9.51. The molecule has 20 heavy (non-hydrogen) atoms. The number of halogens is 1. The predicted octanol–water partition coefficient (Wildman–Crippen LogP) is 2.44. The molecule has 0 heterocycles. The fraction of sp³-hybridized carbons (Fsp3) is 0.286. The smallest absolute Gasteiger partial charge is 0.332 e. The predicted molar refractivity (Wildman–Crippen MR) is 81.2 cm³/mol. The zero-order chi connectivity index (χ0) is 15.0. The molecule has 0 unspecified atom stereocenters. The zero-order valence-corrected chi connectivity index (χ0v) is 13.0. The maximum Gasteiger partial charge on any atom is 0.332 e. The van der Waals surface area contributed by atoms with Crippen molar-refractivity contribution >= 4 is 33.5 Å². The summed E-state index contributed by atoms with van der Waals surface area (Å²) in [6, 6.07) is 7.27. The number of carbonyl (C=O) groups excluding carboxylic acids is 2. The Balaban J connectivity index is 2.39. The Morgan fingerprint density at radius 2 is 1.95 bits per heavy atom. The van der Waals surface area contributed by atoms with Crippen molar-refractivity contribution in [2.24, 2.45) is 0 Å². The Labute approximate surface area is 126 Å². The molecular formula is C14H17BrN2O3. The molecule has 0 spiro atoms. The van der Waals surface area contributed by atoms with Crippen LogP contribution in [0, 0.1) is 0 Å². The summed E-state index contributed by atoms with van der Waals surface area (Å²) in [7, 11) is 0. The highest BCUT2D eigenvalue weighted by molar-refractivity contribution is 9.10. The normalized spacial score (nSPS) is 10.8. The minimum absolute atomic E-state index is 0.0812. The average molecular weight is 341 g/mol. The van der Waals surface area contributed by atoms with Crippen molar-refractivity contribution in [3.8, 4) is 0 Å². The van der Waals surface area contributed by atoms with E-state index in [0.29, 0.717) is 18.0 Å². The number of allylic oxidation sites excluding steroid dienone is 1. The van der Waals surface area contributed by atoms with E-state index < -0.39 is 5.97 Å². The zero-order valence-electron chi connectivity index (χ0n) is 11.4. The minimum Gasteiger partial charge on any atom is -0.463 e. The minimum atomic E-state index is -0.425. The Bertz CT molecular complexity index is 498. The number of hydrogen-bond donors (Lipinski definition) is 2. The van der Waals surface area contributed by atoms with Crippen molar-refractivity contribution in [3.05, 3.63) is 40.5 Å². The van der Waals surface area contributed by atoms with Crippen LogP contribution in [0.1, 0.15) is 13.8 Å². The van der Waals surface area contributed by atoms with E-state index in [-0.39, 0.29) is 12.5 Å². The lowest BCUT2D eigenvalue weighted by molar-refractivity contribution is -0.137. The van der Waals surface area contributed by atoms with Gasteiger partial charge in [-0.25, -0.2) is 4.79 Å². The first-order valence-corrected chi connectivity index (χ1v) is 6.95. The van der Waals surface area contributed by atoms with Gasteiger partial charge in [-0.1, -0.05) is 15.9 Å². The van der Waals surface area contributed by atoms with Crippen molar-refractivity contribution in [2.45, 2.75) is 13.8 Å². The van der Waals surface area contributed by atoms with Gasteiger partial charge >= 0.3 is 5.97 Å². The lowest BCUT2D eigenvalue weighted by atomic mass is 10.3. The summed E-state index contributed by atoms with van der Waals surface area (Å²) in [6.07, 6.45) is 1.32. The number of anilines is 1. The number of esters is 1. The third-order valence-electron chi connectivity index (χ3n) is 2.28. The standard InChI is InChI=1S/C14H17BrN2O3/c1-3-20-14(19)8-10(2)16-9-13(18)17-12-6-4-11(15)5-7-12/h4-8,16H,3,9H2,1-2H3,(H,17,18). The molecule has 0 saturated heterocycles. The summed E-state index contributed by atoms with van der Waals surface area (Å²) in [5, 5.41) is 5.58. The largest absolute Gasteiger partial charge is 0.463 e. The summed E-state index contributed by atoms with van der Waals surface area (Å²) >= 11 is 3.32. The SMILES string of the molecule is CCOC(=O)C=C(C)NCC(=O)Nc1ccc(Br)cc1. The van der Waals surface area contributed by atoms with E-state index in [0.717, 1.165) is 4.47 Å². The first-order valence-electron chi connectivity index (χ1n) is 6.15. The van der Waals surface area contributed by atoms with Crippen LogP contribution in [0.25, 0.3) is 0 Å². The Morgan fingerprint density at radius 1 is 1.30 bits per heavy atom. The monoisotopic (exact) mass is 340 g/mol. The number of hydrogen-bond acceptors (Lipinski definition) is 4. The summed E-state index contributed by atoms with van der Waals surface area (Å²) in [6.45, 7) is 3.84. The fourth-order valence-electron chi connectivity index (χ4n) is 1.37. The Hall–Kier alpha value is -1.82. The second kappa shape index (κ2) is 8.37. The van der Waals surface area contributed by atoms with Crippen LogP contribution in [-0.4, -0.2) is 25.0 Å². The molecule has 0 atom stereocenters. The van der Waals surface area contributed by atoms with Gasteiger partial charge in [0, 0.05) is 21.9 Å². The second-order valence-electron chi connectivity index (χ2n) is 3.99. The van der Waals surface area contributed by atoms with E-state index in [2.05, 4.69) is 26.6 Å². The highest BCUT2D eigenvalue weighted by Gasteiger charge is 2.03. The molecule has 1 rings (SSSR count). The highest BCUT2D eigenvalue weighted by atomic mass is 79.9. The fourth-order valence-corrected chi connectivity index (χ4v) is 1.63. The molecule has 108 valence electrons. The van der Waals surface area contributed by atoms with Gasteiger partial charge in [0.05, 0.1) is 13.2 Å². The van der Waals surface area contributed by atoms with Crippen LogP contribution in [0.5, 0.6) is 0 Å². The molecule has 0 aliphatic carbocycles. The van der Waals surface area contributed by atoms with Crippen LogP contribution < -0.4 is 10.6 Å². The van der Waals surface area contributed by atoms with Gasteiger partial charge in [0.15, 0.2) is 0 Å². The average Bonchev–Trinajstić information content (AvgIpc) is 2.39. The third kappa shape index (κ3) is 6.38. The molecule has 0 bridgehead atoms. The van der Waals surface area contributed by atoms with Crippen molar-refractivity contribution in [1.29, 1.82) is 0 Å². The first kappa shape index (κ1) is 16.2.